The van der Waals surface area contributed by atoms with Crippen molar-refractivity contribution in [3.63, 3.8) is 0 Å². The fraction of sp³-hybridized carbons (Fsp3) is 0.222. The summed E-state index contributed by atoms with van der Waals surface area (Å²) in [6.45, 7) is 0.404. The van der Waals surface area contributed by atoms with Gasteiger partial charge in [-0.05, 0) is 48.6 Å². The summed E-state index contributed by atoms with van der Waals surface area (Å²) in [5.41, 5.74) is 0.418. The number of aldehydes is 1. The van der Waals surface area contributed by atoms with Gasteiger partial charge >= 0.3 is 0 Å². The van der Waals surface area contributed by atoms with Crippen LogP contribution in [0.2, 0.25) is 0 Å². The molecule has 0 aliphatic rings. The Morgan fingerprint density at radius 2 is 1.92 bits per heavy atom. The van der Waals surface area contributed by atoms with Crippen LogP contribution in [-0.2, 0) is 4.79 Å². The summed E-state index contributed by atoms with van der Waals surface area (Å²) >= 11 is 1.61. The highest BCUT2D eigenvalue weighted by molar-refractivity contribution is 7.99. The lowest BCUT2D eigenvalue weighted by Crippen LogP contribution is -2.30. The second kappa shape index (κ2) is 9.72. The molecule has 0 heterocycles. The van der Waals surface area contributed by atoms with Crippen molar-refractivity contribution < 1.29 is 18.7 Å². The fourth-order valence-corrected chi connectivity index (χ4v) is 2.78. The van der Waals surface area contributed by atoms with Crippen LogP contribution in [-0.4, -0.2) is 31.1 Å². The molecule has 0 fully saturated rings. The number of carbonyl (C=O) groups is 2. The van der Waals surface area contributed by atoms with E-state index in [-0.39, 0.29) is 18.3 Å². The van der Waals surface area contributed by atoms with E-state index in [1.54, 1.807) is 48.2 Å². The molecule has 1 N–H and O–H groups in total. The van der Waals surface area contributed by atoms with Crippen molar-refractivity contribution in [1.29, 1.82) is 0 Å². The lowest BCUT2D eigenvalue weighted by atomic mass is 10.2. The summed E-state index contributed by atoms with van der Waals surface area (Å²) in [6, 6.07) is 13.1. The molecule has 4 nitrogen and oxygen atoms in total. The molecule has 2 aromatic rings. The quantitative estimate of drug-likeness (QED) is 0.429. The van der Waals surface area contributed by atoms with Gasteiger partial charge in [0.15, 0.2) is 12.9 Å². The van der Waals surface area contributed by atoms with Crippen molar-refractivity contribution >= 4 is 24.0 Å². The minimum absolute atomic E-state index is 0.129. The van der Waals surface area contributed by atoms with Gasteiger partial charge in [0.1, 0.15) is 11.6 Å². The Morgan fingerprint density at radius 1 is 1.17 bits per heavy atom. The van der Waals surface area contributed by atoms with E-state index in [9.17, 15) is 14.0 Å². The molecule has 126 valence electrons. The van der Waals surface area contributed by atoms with Gasteiger partial charge in [-0.3, -0.25) is 9.59 Å². The summed E-state index contributed by atoms with van der Waals surface area (Å²) in [4.78, 5) is 23.6. The predicted molar refractivity (Wildman–Crippen MR) is 92.1 cm³/mol. The first-order valence-electron chi connectivity index (χ1n) is 7.51. The second-order valence-corrected chi connectivity index (χ2v) is 6.12. The third-order valence-electron chi connectivity index (χ3n) is 3.13. The highest BCUT2D eigenvalue weighted by Crippen LogP contribution is 2.18. The van der Waals surface area contributed by atoms with Crippen LogP contribution in [0, 0.1) is 5.82 Å². The van der Waals surface area contributed by atoms with Crippen molar-refractivity contribution in [2.75, 3.05) is 18.9 Å². The average molecular weight is 347 g/mol. The van der Waals surface area contributed by atoms with Gasteiger partial charge in [-0.1, -0.05) is 12.1 Å². The largest absolute Gasteiger partial charge is 0.483 e. The monoisotopic (exact) mass is 347 g/mol. The van der Waals surface area contributed by atoms with Gasteiger partial charge < -0.3 is 10.1 Å². The van der Waals surface area contributed by atoms with Gasteiger partial charge in [-0.15, -0.1) is 11.8 Å². The molecule has 2 aromatic carbocycles. The molecule has 0 saturated heterocycles. The lowest BCUT2D eigenvalue weighted by Gasteiger charge is -2.09. The molecule has 0 aliphatic carbocycles. The van der Waals surface area contributed by atoms with Crippen LogP contribution >= 0.6 is 11.8 Å². The van der Waals surface area contributed by atoms with Gasteiger partial charge in [-0.2, -0.15) is 0 Å². The van der Waals surface area contributed by atoms with Crippen LogP contribution in [0.15, 0.2) is 53.4 Å². The Kier molecular flexibility index (Phi) is 7.29. The second-order valence-electron chi connectivity index (χ2n) is 4.95. The molecule has 0 unspecified atom stereocenters. The van der Waals surface area contributed by atoms with Crippen molar-refractivity contribution in [3.05, 3.63) is 59.9 Å². The lowest BCUT2D eigenvalue weighted by molar-refractivity contribution is -0.123. The van der Waals surface area contributed by atoms with Crippen molar-refractivity contribution in [1.82, 2.24) is 5.32 Å². The normalized spacial score (nSPS) is 10.2. The maximum atomic E-state index is 12.8. The Balaban J connectivity index is 1.61. The Labute approximate surface area is 144 Å². The van der Waals surface area contributed by atoms with E-state index in [2.05, 4.69) is 5.32 Å². The first kappa shape index (κ1) is 18.0. The van der Waals surface area contributed by atoms with E-state index in [1.807, 2.05) is 0 Å². The zero-order chi connectivity index (χ0) is 17.2. The summed E-state index contributed by atoms with van der Waals surface area (Å²) in [5.74, 6) is 0.737. The Hall–Kier alpha value is -2.34. The van der Waals surface area contributed by atoms with Crippen LogP contribution in [0.4, 0.5) is 4.39 Å². The molecule has 0 bridgehead atoms. The van der Waals surface area contributed by atoms with E-state index in [0.29, 0.717) is 24.1 Å². The summed E-state index contributed by atoms with van der Waals surface area (Å²) in [6.07, 6.45) is 1.48. The summed E-state index contributed by atoms with van der Waals surface area (Å²) < 4.78 is 18.1. The summed E-state index contributed by atoms with van der Waals surface area (Å²) in [7, 11) is 0. The van der Waals surface area contributed by atoms with Crippen LogP contribution in [0.1, 0.15) is 16.8 Å². The van der Waals surface area contributed by atoms with E-state index < -0.39 is 0 Å². The number of hydrogen-bond donors (Lipinski definition) is 1. The zero-order valence-corrected chi connectivity index (χ0v) is 13.9. The summed E-state index contributed by atoms with van der Waals surface area (Å²) in [5, 5.41) is 2.76. The first-order chi connectivity index (χ1) is 11.7. The molecule has 6 heteroatoms. The number of nitrogens with one attached hydrogen (secondary N) is 1. The van der Waals surface area contributed by atoms with Gasteiger partial charge in [0, 0.05) is 11.4 Å². The molecule has 24 heavy (non-hydrogen) atoms. The molecule has 0 aliphatic heterocycles. The van der Waals surface area contributed by atoms with Crippen molar-refractivity contribution in [3.8, 4) is 5.75 Å². The molecular formula is C18H18FNO3S. The average Bonchev–Trinajstić information content (AvgIpc) is 2.61. The van der Waals surface area contributed by atoms with Gasteiger partial charge in [0.25, 0.3) is 5.91 Å². The Bertz CT molecular complexity index is 676. The van der Waals surface area contributed by atoms with Gasteiger partial charge in [0.2, 0.25) is 0 Å². The van der Waals surface area contributed by atoms with Crippen LogP contribution < -0.4 is 10.1 Å². The molecule has 2 rings (SSSR count). The Morgan fingerprint density at radius 3 is 2.67 bits per heavy atom. The molecular weight excluding hydrogens is 329 g/mol. The molecule has 0 saturated carbocycles. The number of thioether (sulfide) groups is 1. The number of ether oxygens (including phenoxy) is 1. The zero-order valence-electron chi connectivity index (χ0n) is 13.0. The SMILES string of the molecule is O=Cc1ccccc1OCC(=O)NCCCSc1ccc(F)cc1. The minimum atomic E-state index is -0.247. The van der Waals surface area contributed by atoms with Crippen LogP contribution in [0.3, 0.4) is 0 Å². The molecule has 0 radical (unpaired) electrons. The highest BCUT2D eigenvalue weighted by Gasteiger charge is 2.05. The molecule has 1 amide bonds. The number of benzene rings is 2. The van der Waals surface area contributed by atoms with Gasteiger partial charge in [0.05, 0.1) is 5.56 Å². The smallest absolute Gasteiger partial charge is 0.257 e. The standard InChI is InChI=1S/C18H18FNO3S/c19-15-6-8-16(9-7-15)24-11-3-10-20-18(22)13-23-17-5-2-1-4-14(17)12-21/h1-2,4-9,12H,3,10-11,13H2,(H,20,22). The van der Waals surface area contributed by atoms with Crippen LogP contribution in [0.25, 0.3) is 0 Å². The van der Waals surface area contributed by atoms with E-state index in [0.717, 1.165) is 17.1 Å². The number of halogens is 1. The molecule has 0 atom stereocenters. The minimum Gasteiger partial charge on any atom is -0.483 e. The molecule has 0 spiro atoms. The predicted octanol–water partition coefficient (Wildman–Crippen LogP) is 3.32. The molecule has 0 aromatic heterocycles. The third kappa shape index (κ3) is 6.04. The van der Waals surface area contributed by atoms with Crippen molar-refractivity contribution in [2.45, 2.75) is 11.3 Å². The number of para-hydroxylation sites is 1. The maximum Gasteiger partial charge on any atom is 0.257 e. The van der Waals surface area contributed by atoms with Crippen molar-refractivity contribution in [2.24, 2.45) is 0 Å². The van der Waals surface area contributed by atoms with E-state index in [4.69, 9.17) is 4.74 Å². The first-order valence-corrected chi connectivity index (χ1v) is 8.49. The number of amides is 1. The third-order valence-corrected chi connectivity index (χ3v) is 4.23. The topological polar surface area (TPSA) is 55.4 Å². The van der Waals surface area contributed by atoms with Crippen LogP contribution in [0.5, 0.6) is 5.75 Å². The fourth-order valence-electron chi connectivity index (χ4n) is 1.92. The number of hydrogen-bond acceptors (Lipinski definition) is 4. The number of rotatable bonds is 9. The van der Waals surface area contributed by atoms with Gasteiger partial charge in [-0.25, -0.2) is 4.39 Å². The van der Waals surface area contributed by atoms with E-state index in [1.165, 1.54) is 12.1 Å². The highest BCUT2D eigenvalue weighted by atomic mass is 32.2. The maximum absolute atomic E-state index is 12.8. The number of carbonyl (C=O) groups excluding carboxylic acids is 2. The van der Waals surface area contributed by atoms with E-state index >= 15 is 0 Å².